The number of nitrogens with zero attached hydrogens (tertiary/aromatic N) is 1. The number of unbranched alkanes of at least 4 members (excludes halogenated alkanes) is 1. The summed E-state index contributed by atoms with van der Waals surface area (Å²) in [6.45, 7) is 7.11. The highest BCUT2D eigenvalue weighted by Gasteiger charge is 2.17. The molecule has 0 radical (unpaired) electrons. The molecule has 1 aromatic heterocycles. The van der Waals surface area contributed by atoms with Gasteiger partial charge in [0.15, 0.2) is 0 Å². The van der Waals surface area contributed by atoms with Gasteiger partial charge in [-0.3, -0.25) is 0 Å². The molecule has 15 heavy (non-hydrogen) atoms. The minimum Gasteiger partial charge on any atom is -0.478 e. The Morgan fingerprint density at radius 3 is 2.67 bits per heavy atom. The Morgan fingerprint density at radius 1 is 1.53 bits per heavy atom. The van der Waals surface area contributed by atoms with E-state index in [0.717, 1.165) is 25.1 Å². The lowest BCUT2D eigenvalue weighted by Crippen LogP contribution is -2.08. The van der Waals surface area contributed by atoms with Crippen LogP contribution >= 0.6 is 0 Å². The minimum atomic E-state index is -0.825. The van der Waals surface area contributed by atoms with Crippen LogP contribution < -0.4 is 0 Å². The predicted octanol–water partition coefficient (Wildman–Crippen LogP) is 3.11. The molecule has 0 aliphatic rings. The SMILES string of the molecule is CCCCn1ccc(C(=O)O)c1C(C)C. The van der Waals surface area contributed by atoms with Crippen molar-refractivity contribution >= 4 is 5.97 Å². The van der Waals surface area contributed by atoms with Crippen LogP contribution in [0, 0.1) is 0 Å². The van der Waals surface area contributed by atoms with Gasteiger partial charge in [-0.2, -0.15) is 0 Å². The van der Waals surface area contributed by atoms with Crippen LogP contribution in [-0.4, -0.2) is 15.6 Å². The highest BCUT2D eigenvalue weighted by Crippen LogP contribution is 2.21. The zero-order valence-electron chi connectivity index (χ0n) is 9.66. The normalized spacial score (nSPS) is 10.9. The summed E-state index contributed by atoms with van der Waals surface area (Å²) in [5.74, 6) is -0.572. The first-order chi connectivity index (χ1) is 7.07. The van der Waals surface area contributed by atoms with Crippen LogP contribution in [0.5, 0.6) is 0 Å². The molecule has 0 fully saturated rings. The summed E-state index contributed by atoms with van der Waals surface area (Å²) in [5, 5.41) is 9.04. The van der Waals surface area contributed by atoms with Crippen molar-refractivity contribution in [2.75, 3.05) is 0 Å². The lowest BCUT2D eigenvalue weighted by atomic mass is 10.1. The third kappa shape index (κ3) is 2.61. The van der Waals surface area contributed by atoms with Crippen LogP contribution in [0.25, 0.3) is 0 Å². The maximum atomic E-state index is 11.0. The largest absolute Gasteiger partial charge is 0.478 e. The van der Waals surface area contributed by atoms with Crippen molar-refractivity contribution < 1.29 is 9.90 Å². The van der Waals surface area contributed by atoms with Gasteiger partial charge in [0.1, 0.15) is 0 Å². The van der Waals surface area contributed by atoms with Crippen molar-refractivity contribution in [3.63, 3.8) is 0 Å². The number of aromatic nitrogens is 1. The van der Waals surface area contributed by atoms with Gasteiger partial charge in [0, 0.05) is 18.4 Å². The first-order valence-corrected chi connectivity index (χ1v) is 5.50. The van der Waals surface area contributed by atoms with Crippen LogP contribution in [0.1, 0.15) is 55.6 Å². The van der Waals surface area contributed by atoms with Gasteiger partial charge < -0.3 is 9.67 Å². The molecule has 1 aromatic rings. The number of aryl methyl sites for hydroxylation is 1. The average molecular weight is 209 g/mol. The number of carbonyl (C=O) groups is 1. The highest BCUT2D eigenvalue weighted by molar-refractivity contribution is 5.89. The number of carboxylic acids is 1. The fraction of sp³-hybridized carbons (Fsp3) is 0.583. The number of carboxylic acid groups (broad SMARTS) is 1. The van der Waals surface area contributed by atoms with E-state index in [-0.39, 0.29) is 5.92 Å². The van der Waals surface area contributed by atoms with E-state index in [1.807, 2.05) is 20.0 Å². The fourth-order valence-electron chi connectivity index (χ4n) is 1.83. The second-order valence-corrected chi connectivity index (χ2v) is 4.12. The van der Waals surface area contributed by atoms with Gasteiger partial charge in [0.05, 0.1) is 5.56 Å². The van der Waals surface area contributed by atoms with E-state index in [9.17, 15) is 4.79 Å². The third-order valence-electron chi connectivity index (χ3n) is 2.54. The molecular formula is C12H19NO2. The summed E-state index contributed by atoms with van der Waals surface area (Å²) in [6, 6.07) is 1.70. The maximum Gasteiger partial charge on any atom is 0.337 e. The molecule has 0 unspecified atom stereocenters. The fourth-order valence-corrected chi connectivity index (χ4v) is 1.83. The Labute approximate surface area is 90.7 Å². The van der Waals surface area contributed by atoms with E-state index in [1.54, 1.807) is 6.07 Å². The summed E-state index contributed by atoms with van der Waals surface area (Å²) in [6.07, 6.45) is 4.10. The molecule has 0 aliphatic heterocycles. The lowest BCUT2D eigenvalue weighted by Gasteiger charge is -2.12. The van der Waals surface area contributed by atoms with Crippen molar-refractivity contribution in [3.05, 3.63) is 23.5 Å². The molecule has 0 aliphatic carbocycles. The zero-order valence-corrected chi connectivity index (χ0v) is 9.66. The van der Waals surface area contributed by atoms with Crippen LogP contribution in [0.3, 0.4) is 0 Å². The van der Waals surface area contributed by atoms with Crippen LogP contribution in [0.15, 0.2) is 12.3 Å². The highest BCUT2D eigenvalue weighted by atomic mass is 16.4. The zero-order chi connectivity index (χ0) is 11.4. The smallest absolute Gasteiger partial charge is 0.337 e. The minimum absolute atomic E-state index is 0.253. The standard InChI is InChI=1S/C12H19NO2/c1-4-5-7-13-8-6-10(12(14)15)11(13)9(2)3/h6,8-9H,4-5,7H2,1-3H3,(H,14,15). The van der Waals surface area contributed by atoms with E-state index in [0.29, 0.717) is 5.56 Å². The Hall–Kier alpha value is -1.25. The first-order valence-electron chi connectivity index (χ1n) is 5.50. The van der Waals surface area contributed by atoms with Gasteiger partial charge >= 0.3 is 5.97 Å². The van der Waals surface area contributed by atoms with E-state index in [4.69, 9.17) is 5.11 Å². The summed E-state index contributed by atoms with van der Waals surface area (Å²) < 4.78 is 2.07. The van der Waals surface area contributed by atoms with Crippen LogP contribution in [0.2, 0.25) is 0 Å². The molecule has 1 rings (SSSR count). The summed E-state index contributed by atoms with van der Waals surface area (Å²) in [7, 11) is 0. The Morgan fingerprint density at radius 2 is 2.20 bits per heavy atom. The number of hydrogen-bond donors (Lipinski definition) is 1. The number of aromatic carboxylic acids is 1. The molecular weight excluding hydrogens is 190 g/mol. The molecule has 0 atom stereocenters. The summed E-state index contributed by atoms with van der Waals surface area (Å²) in [5.41, 5.74) is 1.39. The monoisotopic (exact) mass is 209 g/mol. The lowest BCUT2D eigenvalue weighted by molar-refractivity contribution is 0.0695. The molecule has 3 nitrogen and oxygen atoms in total. The third-order valence-corrected chi connectivity index (χ3v) is 2.54. The molecule has 3 heteroatoms. The quantitative estimate of drug-likeness (QED) is 0.809. The topological polar surface area (TPSA) is 42.2 Å². The second-order valence-electron chi connectivity index (χ2n) is 4.12. The first kappa shape index (κ1) is 11.8. The molecule has 0 bridgehead atoms. The van der Waals surface area contributed by atoms with Gasteiger partial charge in [0.25, 0.3) is 0 Å². The van der Waals surface area contributed by atoms with Crippen molar-refractivity contribution in [3.8, 4) is 0 Å². The second kappa shape index (κ2) is 5.01. The molecule has 1 N–H and O–H groups in total. The van der Waals surface area contributed by atoms with E-state index in [1.165, 1.54) is 0 Å². The Balaban J connectivity index is 3.01. The van der Waals surface area contributed by atoms with Crippen LogP contribution in [0.4, 0.5) is 0 Å². The van der Waals surface area contributed by atoms with Crippen molar-refractivity contribution in [1.29, 1.82) is 0 Å². The van der Waals surface area contributed by atoms with Gasteiger partial charge in [0.2, 0.25) is 0 Å². The summed E-state index contributed by atoms with van der Waals surface area (Å²) in [4.78, 5) is 11.0. The Kier molecular flexibility index (Phi) is 3.95. The predicted molar refractivity (Wildman–Crippen MR) is 60.4 cm³/mol. The number of rotatable bonds is 5. The van der Waals surface area contributed by atoms with Crippen molar-refractivity contribution in [2.45, 2.75) is 46.1 Å². The van der Waals surface area contributed by atoms with Crippen LogP contribution in [-0.2, 0) is 6.54 Å². The van der Waals surface area contributed by atoms with E-state index < -0.39 is 5.97 Å². The summed E-state index contributed by atoms with van der Waals surface area (Å²) >= 11 is 0. The molecule has 84 valence electrons. The molecule has 0 spiro atoms. The van der Waals surface area contributed by atoms with E-state index in [2.05, 4.69) is 11.5 Å². The van der Waals surface area contributed by atoms with E-state index >= 15 is 0 Å². The average Bonchev–Trinajstić information content (AvgIpc) is 2.58. The Bertz CT molecular complexity index is 339. The van der Waals surface area contributed by atoms with Gasteiger partial charge in [-0.1, -0.05) is 27.2 Å². The van der Waals surface area contributed by atoms with Gasteiger partial charge in [-0.25, -0.2) is 4.79 Å². The molecule has 1 heterocycles. The maximum absolute atomic E-state index is 11.0. The number of hydrogen-bond acceptors (Lipinski definition) is 1. The molecule has 0 saturated carbocycles. The van der Waals surface area contributed by atoms with Crippen molar-refractivity contribution in [2.24, 2.45) is 0 Å². The van der Waals surface area contributed by atoms with Gasteiger partial charge in [-0.15, -0.1) is 0 Å². The van der Waals surface area contributed by atoms with Gasteiger partial charge in [-0.05, 0) is 18.4 Å². The van der Waals surface area contributed by atoms with Crippen molar-refractivity contribution in [1.82, 2.24) is 4.57 Å². The molecule has 0 amide bonds. The molecule has 0 saturated heterocycles. The molecule has 0 aromatic carbocycles.